The van der Waals surface area contributed by atoms with E-state index in [-0.39, 0.29) is 73.2 Å². The van der Waals surface area contributed by atoms with Crippen molar-refractivity contribution in [3.63, 3.8) is 0 Å². The third kappa shape index (κ3) is 6.34. The van der Waals surface area contributed by atoms with Gasteiger partial charge < -0.3 is 34.0 Å². The molecule has 0 radical (unpaired) electrons. The minimum Gasteiger partial charge on any atom is -0.462 e. The fraction of sp³-hybridized carbons (Fsp3) is 0.520. The van der Waals surface area contributed by atoms with Crippen LogP contribution < -0.4 is 0 Å². The van der Waals surface area contributed by atoms with Gasteiger partial charge in [-0.1, -0.05) is 0 Å². The number of aromatic amines is 2. The highest BCUT2D eigenvalue weighted by atomic mass is 16.5. The molecule has 0 spiro atoms. The minimum absolute atomic E-state index is 0.0799. The number of H-pyrrole nitrogens is 2. The zero-order valence-electron chi connectivity index (χ0n) is 21.5. The van der Waals surface area contributed by atoms with Crippen molar-refractivity contribution in [1.29, 1.82) is 0 Å². The number of hydrogen-bond acceptors (Lipinski definition) is 9. The number of ether oxygens (including phenoxy) is 4. The minimum atomic E-state index is -1.12. The third-order valence-corrected chi connectivity index (χ3v) is 5.45. The molecule has 0 amide bonds. The van der Waals surface area contributed by atoms with Crippen molar-refractivity contribution in [1.82, 2.24) is 9.97 Å². The van der Waals surface area contributed by atoms with E-state index in [4.69, 9.17) is 18.9 Å². The van der Waals surface area contributed by atoms with E-state index in [9.17, 15) is 24.3 Å². The normalized spacial score (nSPS) is 10.9. The quantitative estimate of drug-likeness (QED) is 0.291. The van der Waals surface area contributed by atoms with E-state index in [0.29, 0.717) is 11.1 Å². The van der Waals surface area contributed by atoms with Crippen LogP contribution in [-0.2, 0) is 31.8 Å². The summed E-state index contributed by atoms with van der Waals surface area (Å²) in [6.45, 7) is 10.4. The molecule has 2 aromatic rings. The fourth-order valence-electron chi connectivity index (χ4n) is 3.94. The molecular formula is C25H34N2O9. The molecule has 0 fully saturated rings. The Morgan fingerprint density at radius 2 is 0.944 bits per heavy atom. The Labute approximate surface area is 209 Å². The highest BCUT2D eigenvalue weighted by Crippen LogP contribution is 2.25. The molecule has 0 bridgehead atoms. The Morgan fingerprint density at radius 3 is 1.25 bits per heavy atom. The van der Waals surface area contributed by atoms with E-state index in [1.54, 1.807) is 41.5 Å². The number of aromatic nitrogens is 2. The Kier molecular flexibility index (Phi) is 10.3. The molecule has 36 heavy (non-hydrogen) atoms. The van der Waals surface area contributed by atoms with Gasteiger partial charge in [-0.3, -0.25) is 0 Å². The number of rotatable bonds is 12. The zero-order chi connectivity index (χ0) is 27.0. The lowest BCUT2D eigenvalue weighted by Gasteiger charge is -2.12. The molecule has 0 aliphatic carbocycles. The largest absolute Gasteiger partial charge is 0.462 e. The van der Waals surface area contributed by atoms with Gasteiger partial charge in [0, 0.05) is 24.2 Å². The molecule has 0 unspecified atom stereocenters. The van der Waals surface area contributed by atoms with Crippen LogP contribution in [-0.4, -0.2) is 71.5 Å². The average Bonchev–Trinajstić information content (AvgIpc) is 3.30. The van der Waals surface area contributed by atoms with Gasteiger partial charge in [0.25, 0.3) is 0 Å². The lowest BCUT2D eigenvalue weighted by molar-refractivity contribution is 0.0505. The first-order valence-corrected chi connectivity index (χ1v) is 11.9. The summed E-state index contributed by atoms with van der Waals surface area (Å²) in [5, 5.41) is 10.9. The zero-order valence-corrected chi connectivity index (χ0v) is 21.5. The van der Waals surface area contributed by atoms with Gasteiger partial charge in [-0.2, -0.15) is 0 Å². The molecule has 0 aliphatic heterocycles. The number of carbonyl (C=O) groups is 4. The topological polar surface area (TPSA) is 157 Å². The molecule has 3 N–H and O–H groups in total. The van der Waals surface area contributed by atoms with Crippen molar-refractivity contribution in [3.05, 3.63) is 45.0 Å². The van der Waals surface area contributed by atoms with Crippen molar-refractivity contribution < 1.29 is 43.2 Å². The van der Waals surface area contributed by atoms with E-state index in [1.165, 1.54) is 0 Å². The number of esters is 4. The molecule has 11 heteroatoms. The Morgan fingerprint density at radius 1 is 0.639 bits per heavy atom. The highest BCUT2D eigenvalue weighted by molar-refractivity contribution is 5.99. The van der Waals surface area contributed by atoms with Gasteiger partial charge in [0.05, 0.1) is 43.7 Å². The molecule has 2 aromatic heterocycles. The average molecular weight is 507 g/mol. The Hall–Kier alpha value is -3.60. The SMILES string of the molecule is CCOC(=O)c1[nH]c(CC(O)Cc2[nH]c(C(=O)OCC)c(C)c2C(=O)OCC)c(C(=O)OCC)c1C. The predicted molar refractivity (Wildman–Crippen MR) is 128 cm³/mol. The van der Waals surface area contributed by atoms with Gasteiger partial charge in [-0.05, 0) is 52.7 Å². The van der Waals surface area contributed by atoms with Crippen molar-refractivity contribution in [2.24, 2.45) is 0 Å². The standard InChI is InChI=1S/C25H34N2O9/c1-7-33-22(29)18-13(5)20(24(31)35-9-3)26-16(18)11-15(28)12-17-19(23(30)34-8-2)14(6)21(27-17)25(32)36-10-4/h15,26-28H,7-12H2,1-6H3. The van der Waals surface area contributed by atoms with E-state index < -0.39 is 30.0 Å². The Bertz CT molecular complexity index is 1030. The molecule has 0 saturated heterocycles. The van der Waals surface area contributed by atoms with Crippen molar-refractivity contribution in [2.75, 3.05) is 26.4 Å². The van der Waals surface area contributed by atoms with E-state index in [0.717, 1.165) is 0 Å². The second-order valence-corrected chi connectivity index (χ2v) is 7.90. The van der Waals surface area contributed by atoms with Gasteiger partial charge >= 0.3 is 23.9 Å². The number of hydrogen-bond donors (Lipinski definition) is 3. The lowest BCUT2D eigenvalue weighted by Crippen LogP contribution is -2.19. The predicted octanol–water partition coefficient (Wildman–Crippen LogP) is 2.81. The highest BCUT2D eigenvalue weighted by Gasteiger charge is 2.29. The van der Waals surface area contributed by atoms with E-state index in [1.807, 2.05) is 0 Å². The molecular weight excluding hydrogens is 472 g/mol. The number of nitrogens with one attached hydrogen (secondary N) is 2. The van der Waals surface area contributed by atoms with Crippen LogP contribution in [0.25, 0.3) is 0 Å². The number of aliphatic hydroxyl groups excluding tert-OH is 1. The molecule has 198 valence electrons. The van der Waals surface area contributed by atoms with Gasteiger partial charge in [0.2, 0.25) is 0 Å². The molecule has 2 heterocycles. The number of aliphatic hydroxyl groups is 1. The van der Waals surface area contributed by atoms with Crippen LogP contribution in [0.1, 0.15) is 91.9 Å². The molecule has 11 nitrogen and oxygen atoms in total. The van der Waals surface area contributed by atoms with Crippen LogP contribution in [0.3, 0.4) is 0 Å². The molecule has 0 atom stereocenters. The van der Waals surface area contributed by atoms with Crippen molar-refractivity contribution in [3.8, 4) is 0 Å². The maximum absolute atomic E-state index is 12.6. The Balaban J connectivity index is 2.43. The van der Waals surface area contributed by atoms with Gasteiger partial charge in [-0.15, -0.1) is 0 Å². The van der Waals surface area contributed by atoms with Gasteiger partial charge in [-0.25, -0.2) is 19.2 Å². The summed E-state index contributed by atoms with van der Waals surface area (Å²) >= 11 is 0. The van der Waals surface area contributed by atoms with Crippen molar-refractivity contribution in [2.45, 2.75) is 60.5 Å². The molecule has 0 aliphatic rings. The monoisotopic (exact) mass is 506 g/mol. The maximum Gasteiger partial charge on any atom is 0.355 e. The van der Waals surface area contributed by atoms with Crippen LogP contribution in [0.5, 0.6) is 0 Å². The summed E-state index contributed by atoms with van der Waals surface area (Å²) in [6, 6.07) is 0. The van der Waals surface area contributed by atoms with Gasteiger partial charge in [0.15, 0.2) is 0 Å². The first kappa shape index (κ1) is 28.6. The summed E-state index contributed by atoms with van der Waals surface area (Å²) in [5.41, 5.74) is 1.73. The summed E-state index contributed by atoms with van der Waals surface area (Å²) in [4.78, 5) is 55.7. The molecule has 0 saturated carbocycles. The summed E-state index contributed by atoms with van der Waals surface area (Å²) in [5.74, 6) is -2.55. The van der Waals surface area contributed by atoms with Crippen LogP contribution in [0, 0.1) is 13.8 Å². The first-order valence-electron chi connectivity index (χ1n) is 11.9. The molecule has 0 aromatic carbocycles. The third-order valence-electron chi connectivity index (χ3n) is 5.45. The van der Waals surface area contributed by atoms with Crippen LogP contribution in [0.4, 0.5) is 0 Å². The van der Waals surface area contributed by atoms with Gasteiger partial charge in [0.1, 0.15) is 11.4 Å². The fourth-order valence-corrected chi connectivity index (χ4v) is 3.94. The van der Waals surface area contributed by atoms with Crippen molar-refractivity contribution >= 4 is 23.9 Å². The summed E-state index contributed by atoms with van der Waals surface area (Å²) < 4.78 is 20.4. The van der Waals surface area contributed by atoms with E-state index in [2.05, 4.69) is 9.97 Å². The maximum atomic E-state index is 12.6. The smallest absolute Gasteiger partial charge is 0.355 e. The molecule has 2 rings (SSSR count). The second kappa shape index (κ2) is 12.9. The van der Waals surface area contributed by atoms with Crippen LogP contribution in [0.2, 0.25) is 0 Å². The summed E-state index contributed by atoms with van der Waals surface area (Å²) in [7, 11) is 0. The summed E-state index contributed by atoms with van der Waals surface area (Å²) in [6.07, 6.45) is -1.28. The van der Waals surface area contributed by atoms with E-state index >= 15 is 0 Å². The van der Waals surface area contributed by atoms with Crippen LogP contribution in [0.15, 0.2) is 0 Å². The first-order chi connectivity index (χ1) is 17.1. The second-order valence-electron chi connectivity index (χ2n) is 7.90. The lowest BCUT2D eigenvalue weighted by atomic mass is 10.0. The number of carbonyl (C=O) groups excluding carboxylic acids is 4. The van der Waals surface area contributed by atoms with Crippen LogP contribution >= 0.6 is 0 Å².